The maximum absolute atomic E-state index is 12.7. The second kappa shape index (κ2) is 7.98. The van der Waals surface area contributed by atoms with Crippen LogP contribution >= 0.6 is 0 Å². The molecular formula is C21H18N2O3. The van der Waals surface area contributed by atoms with Crippen LogP contribution < -0.4 is 10.6 Å². The Morgan fingerprint density at radius 2 is 1.77 bits per heavy atom. The molecule has 0 bridgehead atoms. The molecule has 2 N–H and O–H groups in total. The molecule has 2 aromatic carbocycles. The van der Waals surface area contributed by atoms with Crippen LogP contribution in [0.4, 0.5) is 5.69 Å². The average molecular weight is 346 g/mol. The highest BCUT2D eigenvalue weighted by molar-refractivity contribution is 6.10. The lowest BCUT2D eigenvalue weighted by Crippen LogP contribution is -2.30. The third kappa shape index (κ3) is 4.48. The van der Waals surface area contributed by atoms with E-state index in [2.05, 4.69) is 10.6 Å². The zero-order valence-corrected chi connectivity index (χ0v) is 14.2. The van der Waals surface area contributed by atoms with E-state index in [9.17, 15) is 9.59 Å². The van der Waals surface area contributed by atoms with Crippen LogP contribution in [0, 0.1) is 6.92 Å². The molecule has 3 aromatic rings. The maximum Gasteiger partial charge on any atom is 0.272 e. The topological polar surface area (TPSA) is 71.3 Å². The van der Waals surface area contributed by atoms with E-state index in [1.54, 1.807) is 42.5 Å². The smallest absolute Gasteiger partial charge is 0.272 e. The van der Waals surface area contributed by atoms with E-state index in [1.165, 1.54) is 12.3 Å². The van der Waals surface area contributed by atoms with Gasteiger partial charge >= 0.3 is 0 Å². The van der Waals surface area contributed by atoms with Gasteiger partial charge in [-0.3, -0.25) is 9.59 Å². The van der Waals surface area contributed by atoms with Crippen molar-refractivity contribution in [1.82, 2.24) is 5.32 Å². The molecule has 130 valence electrons. The van der Waals surface area contributed by atoms with Crippen LogP contribution in [0.2, 0.25) is 0 Å². The van der Waals surface area contributed by atoms with Crippen LogP contribution in [-0.4, -0.2) is 11.8 Å². The number of nitrogens with one attached hydrogen (secondary N) is 2. The lowest BCUT2D eigenvalue weighted by molar-refractivity contribution is -0.113. The van der Waals surface area contributed by atoms with Crippen LogP contribution in [0.15, 0.2) is 83.1 Å². The molecule has 1 heterocycles. The van der Waals surface area contributed by atoms with Gasteiger partial charge in [-0.1, -0.05) is 30.3 Å². The number of amides is 2. The summed E-state index contributed by atoms with van der Waals surface area (Å²) in [7, 11) is 0. The average Bonchev–Trinajstić information content (AvgIpc) is 3.15. The van der Waals surface area contributed by atoms with Gasteiger partial charge in [0.2, 0.25) is 0 Å². The van der Waals surface area contributed by atoms with Gasteiger partial charge in [-0.05, 0) is 48.9 Å². The van der Waals surface area contributed by atoms with Gasteiger partial charge in [-0.15, -0.1) is 0 Å². The number of carbonyl (C=O) groups is 2. The Balaban J connectivity index is 1.83. The summed E-state index contributed by atoms with van der Waals surface area (Å²) in [4.78, 5) is 25.1. The van der Waals surface area contributed by atoms with Gasteiger partial charge in [0, 0.05) is 17.3 Å². The Hall–Kier alpha value is -3.60. The van der Waals surface area contributed by atoms with Crippen molar-refractivity contribution in [3.05, 3.63) is 95.6 Å². The molecule has 0 radical (unpaired) electrons. The molecule has 2 amide bonds. The van der Waals surface area contributed by atoms with Crippen LogP contribution in [0.5, 0.6) is 0 Å². The molecule has 0 spiro atoms. The predicted octanol–water partition coefficient (Wildman–Crippen LogP) is 4.00. The Morgan fingerprint density at radius 3 is 2.46 bits per heavy atom. The molecule has 0 aliphatic heterocycles. The molecule has 26 heavy (non-hydrogen) atoms. The minimum Gasteiger partial charge on any atom is -0.465 e. The summed E-state index contributed by atoms with van der Waals surface area (Å²) < 4.78 is 5.26. The van der Waals surface area contributed by atoms with Crippen LogP contribution in [0.25, 0.3) is 6.08 Å². The molecule has 5 nitrogen and oxygen atoms in total. The monoisotopic (exact) mass is 346 g/mol. The quantitative estimate of drug-likeness (QED) is 0.686. The summed E-state index contributed by atoms with van der Waals surface area (Å²) in [6.45, 7) is 1.94. The van der Waals surface area contributed by atoms with E-state index < -0.39 is 5.91 Å². The van der Waals surface area contributed by atoms with E-state index in [-0.39, 0.29) is 11.6 Å². The van der Waals surface area contributed by atoms with Crippen molar-refractivity contribution in [1.29, 1.82) is 0 Å². The van der Waals surface area contributed by atoms with Crippen molar-refractivity contribution >= 4 is 23.6 Å². The number of benzene rings is 2. The summed E-state index contributed by atoms with van der Waals surface area (Å²) in [5, 5.41) is 5.44. The molecule has 1 aromatic heterocycles. The lowest BCUT2D eigenvalue weighted by atomic mass is 10.2. The lowest BCUT2D eigenvalue weighted by Gasteiger charge is -2.11. The summed E-state index contributed by atoms with van der Waals surface area (Å²) >= 11 is 0. The van der Waals surface area contributed by atoms with Gasteiger partial charge in [0.1, 0.15) is 11.5 Å². The molecular weight excluding hydrogens is 328 g/mol. The van der Waals surface area contributed by atoms with Crippen molar-refractivity contribution in [2.45, 2.75) is 6.92 Å². The molecule has 3 rings (SSSR count). The number of carbonyl (C=O) groups excluding carboxylic acids is 2. The van der Waals surface area contributed by atoms with Gasteiger partial charge in [0.15, 0.2) is 0 Å². The zero-order valence-electron chi connectivity index (χ0n) is 14.2. The third-order valence-corrected chi connectivity index (χ3v) is 3.63. The van der Waals surface area contributed by atoms with E-state index >= 15 is 0 Å². The van der Waals surface area contributed by atoms with E-state index in [0.717, 1.165) is 5.56 Å². The van der Waals surface area contributed by atoms with Crippen LogP contribution in [0.3, 0.4) is 0 Å². The van der Waals surface area contributed by atoms with E-state index in [4.69, 9.17) is 4.42 Å². The molecule has 0 unspecified atom stereocenters. The summed E-state index contributed by atoms with van der Waals surface area (Å²) in [5.41, 5.74) is 2.22. The summed E-state index contributed by atoms with van der Waals surface area (Å²) in [6, 6.07) is 19.5. The van der Waals surface area contributed by atoms with Crippen molar-refractivity contribution in [2.75, 3.05) is 5.32 Å². The highest BCUT2D eigenvalue weighted by Gasteiger charge is 2.15. The van der Waals surface area contributed by atoms with E-state index in [0.29, 0.717) is 17.0 Å². The first-order valence-corrected chi connectivity index (χ1v) is 8.11. The standard InChI is InChI=1S/C21H18N2O3/c1-15-7-5-10-17(13-15)22-21(25)19(14-18-11-6-12-26-18)23-20(24)16-8-3-2-4-9-16/h2-14H,1H3,(H,22,25)(H,23,24). The van der Waals surface area contributed by atoms with Gasteiger partial charge in [-0.25, -0.2) is 0 Å². The van der Waals surface area contributed by atoms with Crippen molar-refractivity contribution in [3.63, 3.8) is 0 Å². The zero-order chi connectivity index (χ0) is 18.4. The Morgan fingerprint density at radius 1 is 0.962 bits per heavy atom. The summed E-state index contributed by atoms with van der Waals surface area (Å²) in [6.07, 6.45) is 2.99. The number of furan rings is 1. The van der Waals surface area contributed by atoms with Crippen molar-refractivity contribution < 1.29 is 14.0 Å². The largest absolute Gasteiger partial charge is 0.465 e. The molecule has 5 heteroatoms. The van der Waals surface area contributed by atoms with Crippen LogP contribution in [-0.2, 0) is 4.79 Å². The fourth-order valence-corrected chi connectivity index (χ4v) is 2.38. The molecule has 0 aliphatic rings. The number of rotatable bonds is 5. The molecule has 0 atom stereocenters. The Kier molecular flexibility index (Phi) is 5.29. The van der Waals surface area contributed by atoms with Crippen molar-refractivity contribution in [2.24, 2.45) is 0 Å². The second-order valence-corrected chi connectivity index (χ2v) is 5.72. The number of anilines is 1. The van der Waals surface area contributed by atoms with Gasteiger partial charge in [0.05, 0.1) is 6.26 Å². The first kappa shape index (κ1) is 17.2. The predicted molar refractivity (Wildman–Crippen MR) is 100 cm³/mol. The molecule has 0 saturated heterocycles. The van der Waals surface area contributed by atoms with Gasteiger partial charge < -0.3 is 15.1 Å². The Bertz CT molecular complexity index is 929. The normalized spacial score (nSPS) is 11.0. The molecule has 0 aliphatic carbocycles. The maximum atomic E-state index is 12.7. The number of aryl methyl sites for hydroxylation is 1. The molecule has 0 fully saturated rings. The highest BCUT2D eigenvalue weighted by atomic mass is 16.3. The van der Waals surface area contributed by atoms with Crippen molar-refractivity contribution in [3.8, 4) is 0 Å². The minimum atomic E-state index is -0.434. The van der Waals surface area contributed by atoms with Gasteiger partial charge in [-0.2, -0.15) is 0 Å². The van der Waals surface area contributed by atoms with Crippen LogP contribution in [0.1, 0.15) is 21.7 Å². The summed E-state index contributed by atoms with van der Waals surface area (Å²) in [5.74, 6) is -0.341. The highest BCUT2D eigenvalue weighted by Crippen LogP contribution is 2.13. The Labute approximate surface area is 151 Å². The number of hydrogen-bond donors (Lipinski definition) is 2. The molecule has 0 saturated carbocycles. The first-order valence-electron chi connectivity index (χ1n) is 8.11. The first-order chi connectivity index (χ1) is 12.6. The fraction of sp³-hybridized carbons (Fsp3) is 0.0476. The SMILES string of the molecule is Cc1cccc(NC(=O)C(=Cc2ccco2)NC(=O)c2ccccc2)c1. The second-order valence-electron chi connectivity index (χ2n) is 5.72. The van der Waals surface area contributed by atoms with E-state index in [1.807, 2.05) is 31.2 Å². The fourth-order valence-electron chi connectivity index (χ4n) is 2.38. The number of hydrogen-bond acceptors (Lipinski definition) is 3. The third-order valence-electron chi connectivity index (χ3n) is 3.63. The minimum absolute atomic E-state index is 0.0929. The van der Waals surface area contributed by atoms with Gasteiger partial charge in [0.25, 0.3) is 11.8 Å².